The van der Waals surface area contributed by atoms with Gasteiger partial charge in [0.15, 0.2) is 0 Å². The summed E-state index contributed by atoms with van der Waals surface area (Å²) in [4.78, 5) is 24.4. The molecular weight excluding hydrogens is 360 g/mol. The van der Waals surface area contributed by atoms with Crippen LogP contribution < -0.4 is 25.8 Å². The number of nitrogens with zero attached hydrogens (tertiary/aromatic N) is 2. The van der Waals surface area contributed by atoms with Crippen LogP contribution in [0.25, 0.3) is 11.0 Å². The lowest BCUT2D eigenvalue weighted by atomic mass is 10.2. The Labute approximate surface area is 162 Å². The van der Waals surface area contributed by atoms with Gasteiger partial charge in [-0.2, -0.15) is 0 Å². The van der Waals surface area contributed by atoms with E-state index in [1.165, 1.54) is 16.2 Å². The molecule has 0 saturated carbocycles. The largest absolute Gasteiger partial charge is 0.494 e. The van der Waals surface area contributed by atoms with Crippen LogP contribution in [0.4, 0.5) is 10.5 Å². The highest BCUT2D eigenvalue weighted by Crippen LogP contribution is 2.29. The van der Waals surface area contributed by atoms with Gasteiger partial charge in [-0.3, -0.25) is 9.13 Å². The van der Waals surface area contributed by atoms with Gasteiger partial charge in [0.05, 0.1) is 30.4 Å². The van der Waals surface area contributed by atoms with Crippen LogP contribution in [-0.4, -0.2) is 35.4 Å². The fourth-order valence-corrected chi connectivity index (χ4v) is 3.00. The normalized spacial score (nSPS) is 10.7. The molecule has 0 radical (unpaired) electrons. The maximum atomic E-state index is 12.2. The Balaban J connectivity index is 1.65. The summed E-state index contributed by atoms with van der Waals surface area (Å²) in [7, 11) is 4.89. The van der Waals surface area contributed by atoms with Crippen LogP contribution in [0.2, 0.25) is 0 Å². The van der Waals surface area contributed by atoms with Crippen molar-refractivity contribution in [1.82, 2.24) is 14.5 Å². The van der Waals surface area contributed by atoms with Gasteiger partial charge in [-0.15, -0.1) is 0 Å². The van der Waals surface area contributed by atoms with Crippen molar-refractivity contribution >= 4 is 22.8 Å². The number of carbonyl (C=O) groups is 1. The molecule has 2 aromatic carbocycles. The molecule has 0 aliphatic heterocycles. The van der Waals surface area contributed by atoms with Crippen molar-refractivity contribution in [2.75, 3.05) is 25.6 Å². The quantitative estimate of drug-likeness (QED) is 0.639. The van der Waals surface area contributed by atoms with Crippen molar-refractivity contribution in [2.45, 2.75) is 6.92 Å². The highest BCUT2D eigenvalue weighted by Gasteiger charge is 2.14. The third kappa shape index (κ3) is 3.80. The van der Waals surface area contributed by atoms with Crippen LogP contribution in [0.3, 0.4) is 0 Å². The zero-order valence-electron chi connectivity index (χ0n) is 16.4. The minimum atomic E-state index is -0.382. The summed E-state index contributed by atoms with van der Waals surface area (Å²) in [5.41, 5.74) is 2.80. The van der Waals surface area contributed by atoms with Crippen molar-refractivity contribution in [3.05, 3.63) is 52.4 Å². The minimum absolute atomic E-state index is 0.146. The topological polar surface area (TPSA) is 86.5 Å². The molecule has 0 unspecified atom stereocenters. The molecule has 3 aromatic rings. The van der Waals surface area contributed by atoms with Crippen LogP contribution in [0.5, 0.6) is 11.5 Å². The van der Waals surface area contributed by atoms with E-state index >= 15 is 0 Å². The van der Waals surface area contributed by atoms with Crippen LogP contribution in [0.15, 0.2) is 41.2 Å². The van der Waals surface area contributed by atoms with Crippen molar-refractivity contribution in [2.24, 2.45) is 14.1 Å². The summed E-state index contributed by atoms with van der Waals surface area (Å²) in [5.74, 6) is 1.27. The van der Waals surface area contributed by atoms with Gasteiger partial charge in [0.1, 0.15) is 18.1 Å². The third-order valence-electron chi connectivity index (χ3n) is 4.58. The standard InChI is InChI=1S/C20H24N4O4/c1-13-7-5-6-8-17(13)28-10-9-21-19(25)22-14-11-15-16(12-18(14)27-4)24(3)20(26)23(15)2/h5-8,11-12H,9-10H2,1-4H3,(H2,21,22,25). The van der Waals surface area contributed by atoms with Crippen molar-refractivity contribution in [3.63, 3.8) is 0 Å². The fraction of sp³-hybridized carbons (Fsp3) is 0.300. The maximum absolute atomic E-state index is 12.2. The number of para-hydroxylation sites is 1. The number of carbonyl (C=O) groups excluding carboxylic acids is 1. The number of fused-ring (bicyclic) bond motifs is 1. The highest BCUT2D eigenvalue weighted by molar-refractivity contribution is 5.94. The van der Waals surface area contributed by atoms with Crippen LogP contribution in [0, 0.1) is 6.92 Å². The van der Waals surface area contributed by atoms with E-state index < -0.39 is 0 Å². The van der Waals surface area contributed by atoms with Crippen LogP contribution in [0.1, 0.15) is 5.56 Å². The third-order valence-corrected chi connectivity index (χ3v) is 4.58. The molecule has 0 saturated heterocycles. The number of urea groups is 1. The van der Waals surface area contributed by atoms with Gasteiger partial charge in [-0.1, -0.05) is 18.2 Å². The zero-order chi connectivity index (χ0) is 20.3. The van der Waals surface area contributed by atoms with E-state index in [4.69, 9.17) is 9.47 Å². The minimum Gasteiger partial charge on any atom is -0.494 e. The number of amides is 2. The number of anilines is 1. The summed E-state index contributed by atoms with van der Waals surface area (Å²) in [5, 5.41) is 5.51. The lowest BCUT2D eigenvalue weighted by Gasteiger charge is -2.13. The first-order valence-corrected chi connectivity index (χ1v) is 8.89. The number of methoxy groups -OCH3 is 1. The summed E-state index contributed by atoms with van der Waals surface area (Å²) in [6, 6.07) is 10.8. The van der Waals surface area contributed by atoms with Gasteiger partial charge in [0.2, 0.25) is 0 Å². The molecule has 28 heavy (non-hydrogen) atoms. The number of imidazole rings is 1. The second kappa shape index (κ2) is 8.08. The first-order chi connectivity index (χ1) is 13.4. The lowest BCUT2D eigenvalue weighted by molar-refractivity contribution is 0.247. The molecule has 1 aromatic heterocycles. The SMILES string of the molecule is COc1cc2c(cc1NC(=O)NCCOc1ccccc1C)n(C)c(=O)n2C. The Morgan fingerprint density at radius 1 is 1.07 bits per heavy atom. The molecule has 1 heterocycles. The van der Waals surface area contributed by atoms with Crippen LogP contribution in [-0.2, 0) is 14.1 Å². The number of rotatable bonds is 6. The van der Waals surface area contributed by atoms with E-state index in [0.29, 0.717) is 30.1 Å². The van der Waals surface area contributed by atoms with E-state index in [-0.39, 0.29) is 11.7 Å². The average Bonchev–Trinajstić information content (AvgIpc) is 2.89. The highest BCUT2D eigenvalue weighted by atomic mass is 16.5. The molecular formula is C20H24N4O4. The van der Waals surface area contributed by atoms with Crippen molar-refractivity contribution in [1.29, 1.82) is 0 Å². The number of benzene rings is 2. The van der Waals surface area contributed by atoms with E-state index in [1.54, 1.807) is 26.2 Å². The van der Waals surface area contributed by atoms with Gasteiger partial charge in [-0.05, 0) is 24.6 Å². The number of hydrogen-bond acceptors (Lipinski definition) is 4. The summed E-state index contributed by atoms with van der Waals surface area (Å²) in [6.07, 6.45) is 0. The number of aryl methyl sites for hydroxylation is 3. The molecule has 2 N–H and O–H groups in total. The Kier molecular flexibility index (Phi) is 5.58. The summed E-state index contributed by atoms with van der Waals surface area (Å²) in [6.45, 7) is 2.66. The molecule has 0 aliphatic carbocycles. The molecule has 0 fully saturated rings. The smallest absolute Gasteiger partial charge is 0.328 e. The Bertz CT molecular complexity index is 1070. The average molecular weight is 384 g/mol. The number of aromatic nitrogens is 2. The number of nitrogens with one attached hydrogen (secondary N) is 2. The molecule has 3 rings (SSSR count). The van der Waals surface area contributed by atoms with Crippen LogP contribution >= 0.6 is 0 Å². The predicted octanol–water partition coefficient (Wildman–Crippen LogP) is 2.39. The first-order valence-electron chi connectivity index (χ1n) is 8.89. The summed E-state index contributed by atoms with van der Waals surface area (Å²) >= 11 is 0. The van der Waals surface area contributed by atoms with Gasteiger partial charge >= 0.3 is 11.7 Å². The molecule has 0 bridgehead atoms. The van der Waals surface area contributed by atoms with Gasteiger partial charge in [-0.25, -0.2) is 9.59 Å². The van der Waals surface area contributed by atoms with Gasteiger partial charge in [0.25, 0.3) is 0 Å². The van der Waals surface area contributed by atoms with E-state index in [2.05, 4.69) is 10.6 Å². The molecule has 0 atom stereocenters. The van der Waals surface area contributed by atoms with Gasteiger partial charge < -0.3 is 20.1 Å². The van der Waals surface area contributed by atoms with Crippen molar-refractivity contribution in [3.8, 4) is 11.5 Å². The second-order valence-electron chi connectivity index (χ2n) is 6.44. The lowest BCUT2D eigenvalue weighted by Crippen LogP contribution is -2.32. The van der Waals surface area contributed by atoms with E-state index in [1.807, 2.05) is 31.2 Å². The molecule has 0 aliphatic rings. The molecule has 2 amide bonds. The first kappa shape index (κ1) is 19.3. The molecule has 8 heteroatoms. The molecule has 8 nitrogen and oxygen atoms in total. The summed E-state index contributed by atoms with van der Waals surface area (Å²) < 4.78 is 14.1. The molecule has 148 valence electrons. The second-order valence-corrected chi connectivity index (χ2v) is 6.44. The predicted molar refractivity (Wildman–Crippen MR) is 108 cm³/mol. The fourth-order valence-electron chi connectivity index (χ4n) is 3.00. The molecule has 0 spiro atoms. The monoisotopic (exact) mass is 384 g/mol. The number of ether oxygens (including phenoxy) is 2. The van der Waals surface area contributed by atoms with E-state index in [0.717, 1.165) is 16.8 Å². The van der Waals surface area contributed by atoms with E-state index in [9.17, 15) is 9.59 Å². The number of hydrogen-bond donors (Lipinski definition) is 2. The Hall–Kier alpha value is -3.42. The Morgan fingerprint density at radius 3 is 2.43 bits per heavy atom. The maximum Gasteiger partial charge on any atom is 0.328 e. The van der Waals surface area contributed by atoms with Gasteiger partial charge in [0, 0.05) is 20.2 Å². The zero-order valence-corrected chi connectivity index (χ0v) is 16.4. The van der Waals surface area contributed by atoms with Crippen molar-refractivity contribution < 1.29 is 14.3 Å². The Morgan fingerprint density at radius 2 is 1.75 bits per heavy atom.